The lowest BCUT2D eigenvalue weighted by atomic mass is 10.2. The highest BCUT2D eigenvalue weighted by molar-refractivity contribution is 9.10. The second-order valence-corrected chi connectivity index (χ2v) is 7.42. The number of aromatic nitrogens is 4. The minimum absolute atomic E-state index is 0.0512. The van der Waals surface area contributed by atoms with Crippen LogP contribution >= 0.6 is 15.9 Å². The topological polar surface area (TPSA) is 84.7 Å². The fourth-order valence-electron chi connectivity index (χ4n) is 3.01. The minimum Gasteiger partial charge on any atom is -0.378 e. The average molecular weight is 474 g/mol. The number of imidazole rings is 1. The number of rotatable bonds is 6. The van der Waals surface area contributed by atoms with E-state index in [1.807, 2.05) is 6.92 Å². The molecule has 1 aromatic carbocycles. The van der Waals surface area contributed by atoms with E-state index >= 15 is 0 Å². The molecule has 3 aromatic rings. The van der Waals surface area contributed by atoms with Crippen LogP contribution in [0.4, 0.5) is 18.9 Å². The Hall–Kier alpha value is -2.56. The Morgan fingerprint density at radius 3 is 2.66 bits per heavy atom. The van der Waals surface area contributed by atoms with Gasteiger partial charge in [-0.1, -0.05) is 29.3 Å². The van der Waals surface area contributed by atoms with Crippen molar-refractivity contribution >= 4 is 32.8 Å². The van der Waals surface area contributed by atoms with Gasteiger partial charge in [0.25, 0.3) is 5.56 Å². The predicted molar refractivity (Wildman–Crippen MR) is 107 cm³/mol. The fourth-order valence-corrected chi connectivity index (χ4v) is 3.48. The first-order valence-electron chi connectivity index (χ1n) is 8.92. The largest absolute Gasteiger partial charge is 0.417 e. The summed E-state index contributed by atoms with van der Waals surface area (Å²) >= 11 is 2.91. The third kappa shape index (κ3) is 4.24. The molecule has 0 aliphatic carbocycles. The number of aromatic amines is 1. The lowest BCUT2D eigenvalue weighted by molar-refractivity contribution is -0.138. The van der Waals surface area contributed by atoms with Gasteiger partial charge in [0.15, 0.2) is 11.2 Å². The molecule has 11 heteroatoms. The molecule has 2 aromatic heterocycles. The summed E-state index contributed by atoms with van der Waals surface area (Å²) in [5.41, 5.74) is -1.12. The van der Waals surface area contributed by atoms with E-state index in [1.54, 1.807) is 7.05 Å². The molecule has 29 heavy (non-hydrogen) atoms. The first-order valence-corrected chi connectivity index (χ1v) is 9.71. The van der Waals surface area contributed by atoms with Crippen molar-refractivity contribution in [3.8, 4) is 0 Å². The van der Waals surface area contributed by atoms with Crippen LogP contribution in [0.15, 0.2) is 32.3 Å². The lowest BCUT2D eigenvalue weighted by Gasteiger charge is -2.12. The van der Waals surface area contributed by atoms with Gasteiger partial charge in [-0.2, -0.15) is 13.2 Å². The quantitative estimate of drug-likeness (QED) is 0.572. The molecule has 0 aliphatic heterocycles. The maximum atomic E-state index is 13.1. The summed E-state index contributed by atoms with van der Waals surface area (Å²) in [6, 6.07) is 3.82. The summed E-state index contributed by atoms with van der Waals surface area (Å²) in [6.45, 7) is 2.47. The normalized spacial score (nSPS) is 11.9. The van der Waals surface area contributed by atoms with Gasteiger partial charge in [-0.3, -0.25) is 14.3 Å². The molecule has 156 valence electrons. The van der Waals surface area contributed by atoms with E-state index in [1.165, 1.54) is 21.3 Å². The molecule has 0 atom stereocenters. The monoisotopic (exact) mass is 473 g/mol. The molecule has 7 nitrogen and oxygen atoms in total. The molecule has 0 aliphatic rings. The van der Waals surface area contributed by atoms with Gasteiger partial charge in [0.05, 0.1) is 12.1 Å². The van der Waals surface area contributed by atoms with Crippen molar-refractivity contribution < 1.29 is 13.2 Å². The Morgan fingerprint density at radius 1 is 1.28 bits per heavy atom. The Labute approximate surface area is 171 Å². The number of alkyl halides is 3. The second-order valence-electron chi connectivity index (χ2n) is 6.57. The third-order valence-corrected chi connectivity index (χ3v) is 5.25. The number of aryl methyl sites for hydroxylation is 2. The summed E-state index contributed by atoms with van der Waals surface area (Å²) in [4.78, 5) is 31.1. The summed E-state index contributed by atoms with van der Waals surface area (Å²) in [7, 11) is 1.62. The standard InChI is InChI=1S/C18H19BrF3N5O2/c1-3-4-7-27-15-14(16(28)25-17(27)29)26(2)13(24-15)9-23-10-5-6-12(19)11(8-10)18(20,21)22/h5-6,8,23H,3-4,7,9H2,1-2H3,(H,25,28,29). The van der Waals surface area contributed by atoms with Crippen molar-refractivity contribution in [2.45, 2.75) is 39.0 Å². The highest BCUT2D eigenvalue weighted by Crippen LogP contribution is 2.36. The van der Waals surface area contributed by atoms with Gasteiger partial charge in [-0.05, 0) is 24.6 Å². The number of nitrogens with one attached hydrogen (secondary N) is 2. The van der Waals surface area contributed by atoms with Crippen LogP contribution in [0.5, 0.6) is 0 Å². The van der Waals surface area contributed by atoms with Crippen LogP contribution in [0.2, 0.25) is 0 Å². The van der Waals surface area contributed by atoms with Gasteiger partial charge in [0.2, 0.25) is 0 Å². The van der Waals surface area contributed by atoms with E-state index in [2.05, 4.69) is 31.2 Å². The van der Waals surface area contributed by atoms with Crippen molar-refractivity contribution in [2.75, 3.05) is 5.32 Å². The van der Waals surface area contributed by atoms with Crippen LogP contribution in [0, 0.1) is 0 Å². The highest BCUT2D eigenvalue weighted by atomic mass is 79.9. The van der Waals surface area contributed by atoms with Crippen molar-refractivity contribution in [1.82, 2.24) is 19.1 Å². The van der Waals surface area contributed by atoms with Crippen LogP contribution in [-0.4, -0.2) is 19.1 Å². The van der Waals surface area contributed by atoms with Gasteiger partial charge in [0.1, 0.15) is 5.82 Å². The van der Waals surface area contributed by atoms with Crippen LogP contribution in [0.1, 0.15) is 31.2 Å². The van der Waals surface area contributed by atoms with Crippen molar-refractivity contribution in [3.05, 3.63) is 54.9 Å². The number of hydrogen-bond acceptors (Lipinski definition) is 4. The maximum Gasteiger partial charge on any atom is 0.417 e. The Bertz CT molecular complexity index is 1160. The molecule has 0 bridgehead atoms. The fraction of sp³-hybridized carbons (Fsp3) is 0.389. The molecule has 2 N–H and O–H groups in total. The smallest absolute Gasteiger partial charge is 0.378 e. The first-order chi connectivity index (χ1) is 13.6. The summed E-state index contributed by atoms with van der Waals surface area (Å²) in [6.07, 6.45) is -2.89. The van der Waals surface area contributed by atoms with Crippen LogP contribution in [-0.2, 0) is 26.3 Å². The number of benzene rings is 1. The molecular formula is C18H19BrF3N5O2. The summed E-state index contributed by atoms with van der Waals surface area (Å²) in [5.74, 6) is 0.415. The zero-order chi connectivity index (χ0) is 21.3. The molecule has 0 unspecified atom stereocenters. The van der Waals surface area contributed by atoms with Crippen molar-refractivity contribution in [2.24, 2.45) is 7.05 Å². The number of anilines is 1. The Kier molecular flexibility index (Phi) is 5.87. The van der Waals surface area contributed by atoms with E-state index in [0.717, 1.165) is 18.9 Å². The third-order valence-electron chi connectivity index (χ3n) is 4.56. The van der Waals surface area contributed by atoms with Gasteiger partial charge in [-0.25, -0.2) is 9.78 Å². The van der Waals surface area contributed by atoms with Gasteiger partial charge < -0.3 is 9.88 Å². The summed E-state index contributed by atoms with van der Waals surface area (Å²) in [5, 5.41) is 2.90. The van der Waals surface area contributed by atoms with Gasteiger partial charge >= 0.3 is 11.9 Å². The minimum atomic E-state index is -4.49. The van der Waals surface area contributed by atoms with Crippen LogP contribution < -0.4 is 16.6 Å². The van der Waals surface area contributed by atoms with E-state index in [0.29, 0.717) is 12.4 Å². The number of nitrogens with zero attached hydrogens (tertiary/aromatic N) is 3. The van der Waals surface area contributed by atoms with Gasteiger partial charge in [-0.15, -0.1) is 0 Å². The highest BCUT2D eigenvalue weighted by Gasteiger charge is 2.33. The zero-order valence-electron chi connectivity index (χ0n) is 15.7. The number of hydrogen-bond donors (Lipinski definition) is 2. The second kappa shape index (κ2) is 8.05. The molecule has 0 amide bonds. The van der Waals surface area contributed by atoms with E-state index in [4.69, 9.17) is 0 Å². The molecule has 2 heterocycles. The van der Waals surface area contributed by atoms with E-state index in [9.17, 15) is 22.8 Å². The van der Waals surface area contributed by atoms with Gasteiger partial charge in [0, 0.05) is 23.8 Å². The zero-order valence-corrected chi connectivity index (χ0v) is 17.3. The van der Waals surface area contributed by atoms with Crippen molar-refractivity contribution in [3.63, 3.8) is 0 Å². The molecule has 0 saturated heterocycles. The van der Waals surface area contributed by atoms with Crippen LogP contribution in [0.25, 0.3) is 11.2 Å². The molecular weight excluding hydrogens is 455 g/mol. The maximum absolute atomic E-state index is 13.1. The SMILES string of the molecule is CCCCn1c(=O)[nH]c(=O)c2c1nc(CNc1ccc(Br)c(C(F)(F)F)c1)n2C. The Morgan fingerprint density at radius 2 is 2.00 bits per heavy atom. The first kappa shape index (κ1) is 21.2. The predicted octanol–water partition coefficient (Wildman–Crippen LogP) is 3.62. The number of halogens is 4. The van der Waals surface area contributed by atoms with Crippen molar-refractivity contribution in [1.29, 1.82) is 0 Å². The van der Waals surface area contributed by atoms with Crippen LogP contribution in [0.3, 0.4) is 0 Å². The number of fused-ring (bicyclic) bond motifs is 1. The molecule has 0 fully saturated rings. The lowest BCUT2D eigenvalue weighted by Crippen LogP contribution is -2.31. The van der Waals surface area contributed by atoms with E-state index < -0.39 is 23.0 Å². The van der Waals surface area contributed by atoms with E-state index in [-0.39, 0.29) is 27.9 Å². The molecule has 3 rings (SSSR count). The number of H-pyrrole nitrogens is 1. The average Bonchev–Trinajstić information content (AvgIpc) is 2.96. The number of unbranched alkanes of at least 4 members (excludes halogenated alkanes) is 1. The molecule has 0 spiro atoms. The Balaban J connectivity index is 1.96. The summed E-state index contributed by atoms with van der Waals surface area (Å²) < 4.78 is 42.1. The molecule has 0 saturated carbocycles. The molecule has 0 radical (unpaired) electrons.